The molecule has 0 fully saturated rings. The lowest BCUT2D eigenvalue weighted by Crippen LogP contribution is -2.44. The van der Waals surface area contributed by atoms with Gasteiger partial charge in [-0.25, -0.2) is 0 Å². The van der Waals surface area contributed by atoms with Gasteiger partial charge in [-0.3, -0.25) is 4.79 Å². The number of rotatable bonds is 6. The first-order valence-electron chi connectivity index (χ1n) is 6.64. The molecular weight excluding hydrogens is 240 g/mol. The molecule has 1 rings (SSSR count). The molecule has 3 N–H and O–H groups in total. The van der Waals surface area contributed by atoms with Crippen LogP contribution in [-0.4, -0.2) is 29.2 Å². The third-order valence-corrected chi connectivity index (χ3v) is 2.80. The molecule has 4 heteroatoms. The van der Waals surface area contributed by atoms with Gasteiger partial charge in [0.1, 0.15) is 0 Å². The lowest BCUT2D eigenvalue weighted by molar-refractivity contribution is 0.0900. The third kappa shape index (κ3) is 4.91. The van der Waals surface area contributed by atoms with E-state index in [9.17, 15) is 4.79 Å². The predicted molar refractivity (Wildman–Crippen MR) is 78.4 cm³/mol. The van der Waals surface area contributed by atoms with Crippen LogP contribution in [0.3, 0.4) is 0 Å². The van der Waals surface area contributed by atoms with Crippen molar-refractivity contribution in [3.8, 4) is 0 Å². The number of aliphatic hydroxyl groups is 1. The van der Waals surface area contributed by atoms with Gasteiger partial charge in [0.2, 0.25) is 0 Å². The van der Waals surface area contributed by atoms with Crippen molar-refractivity contribution in [2.45, 2.75) is 45.7 Å². The number of amides is 1. The first-order chi connectivity index (χ1) is 8.85. The van der Waals surface area contributed by atoms with Crippen molar-refractivity contribution in [1.82, 2.24) is 5.32 Å². The van der Waals surface area contributed by atoms with Crippen LogP contribution in [-0.2, 0) is 0 Å². The van der Waals surface area contributed by atoms with E-state index in [0.29, 0.717) is 12.0 Å². The highest BCUT2D eigenvalue weighted by Crippen LogP contribution is 2.18. The second kappa shape index (κ2) is 6.57. The number of carbonyl (C=O) groups excluding carboxylic acids is 1. The molecule has 1 aromatic carbocycles. The fourth-order valence-corrected chi connectivity index (χ4v) is 1.83. The van der Waals surface area contributed by atoms with Crippen molar-refractivity contribution in [2.24, 2.45) is 0 Å². The number of aliphatic hydroxyl groups excluding tert-OH is 1. The van der Waals surface area contributed by atoms with Gasteiger partial charge in [0.25, 0.3) is 5.91 Å². The van der Waals surface area contributed by atoms with Crippen LogP contribution in [0.5, 0.6) is 0 Å². The molecule has 0 aliphatic rings. The molecule has 19 heavy (non-hydrogen) atoms. The Morgan fingerprint density at radius 1 is 1.32 bits per heavy atom. The lowest BCUT2D eigenvalue weighted by atomic mass is 10.00. The van der Waals surface area contributed by atoms with E-state index in [1.807, 2.05) is 45.9 Å². The van der Waals surface area contributed by atoms with Gasteiger partial charge < -0.3 is 15.7 Å². The summed E-state index contributed by atoms with van der Waals surface area (Å²) in [5, 5.41) is 15.2. The molecule has 1 aromatic rings. The highest BCUT2D eigenvalue weighted by molar-refractivity contribution is 6.00. The largest absolute Gasteiger partial charge is 0.396 e. The van der Waals surface area contributed by atoms with Crippen LogP contribution in [0.2, 0.25) is 0 Å². The summed E-state index contributed by atoms with van der Waals surface area (Å²) < 4.78 is 0. The molecule has 0 radical (unpaired) electrons. The Labute approximate surface area is 115 Å². The van der Waals surface area contributed by atoms with Gasteiger partial charge in [0.15, 0.2) is 0 Å². The molecule has 0 aromatic heterocycles. The molecule has 0 heterocycles. The van der Waals surface area contributed by atoms with Gasteiger partial charge >= 0.3 is 0 Å². The van der Waals surface area contributed by atoms with E-state index in [1.165, 1.54) is 0 Å². The van der Waals surface area contributed by atoms with Crippen molar-refractivity contribution in [3.05, 3.63) is 29.8 Å². The molecule has 106 valence electrons. The SMILES string of the molecule is CC(C)Nc1ccccc1C(=O)NC(C)(C)CCO. The number of benzene rings is 1. The Hall–Kier alpha value is -1.55. The highest BCUT2D eigenvalue weighted by atomic mass is 16.3. The molecule has 0 aliphatic heterocycles. The Balaban J connectivity index is 2.87. The number of nitrogens with one attached hydrogen (secondary N) is 2. The zero-order chi connectivity index (χ0) is 14.5. The summed E-state index contributed by atoms with van der Waals surface area (Å²) >= 11 is 0. The highest BCUT2D eigenvalue weighted by Gasteiger charge is 2.21. The standard InChI is InChI=1S/C15H24N2O2/c1-11(2)16-13-8-6-5-7-12(13)14(19)17-15(3,4)9-10-18/h5-8,11,16,18H,9-10H2,1-4H3,(H,17,19). The van der Waals surface area contributed by atoms with Crippen LogP contribution < -0.4 is 10.6 Å². The second-order valence-corrected chi connectivity index (χ2v) is 5.66. The summed E-state index contributed by atoms with van der Waals surface area (Å²) in [6.45, 7) is 7.92. The third-order valence-electron chi connectivity index (χ3n) is 2.80. The summed E-state index contributed by atoms with van der Waals surface area (Å²) in [4.78, 5) is 12.3. The topological polar surface area (TPSA) is 61.4 Å². The number of hydrogen-bond acceptors (Lipinski definition) is 3. The van der Waals surface area contributed by atoms with Gasteiger partial charge in [-0.15, -0.1) is 0 Å². The molecule has 0 bridgehead atoms. The molecular formula is C15H24N2O2. The molecule has 0 aliphatic carbocycles. The van der Waals surface area contributed by atoms with Gasteiger partial charge in [-0.05, 0) is 46.2 Å². The van der Waals surface area contributed by atoms with Crippen LogP contribution in [0, 0.1) is 0 Å². The van der Waals surface area contributed by atoms with Crippen LogP contribution in [0.15, 0.2) is 24.3 Å². The average molecular weight is 264 g/mol. The van der Waals surface area contributed by atoms with Crippen LogP contribution in [0.4, 0.5) is 5.69 Å². The number of para-hydroxylation sites is 1. The summed E-state index contributed by atoms with van der Waals surface area (Å²) in [6, 6.07) is 7.71. The molecule has 0 atom stereocenters. The average Bonchev–Trinajstić information content (AvgIpc) is 2.27. The summed E-state index contributed by atoms with van der Waals surface area (Å²) in [5.74, 6) is -0.123. The number of hydrogen-bond donors (Lipinski definition) is 3. The van der Waals surface area contributed by atoms with E-state index in [2.05, 4.69) is 10.6 Å². The minimum absolute atomic E-state index is 0.0547. The van der Waals surface area contributed by atoms with Crippen LogP contribution >= 0.6 is 0 Å². The quantitative estimate of drug-likeness (QED) is 0.739. The van der Waals surface area contributed by atoms with Gasteiger partial charge in [-0.2, -0.15) is 0 Å². The van der Waals surface area contributed by atoms with Gasteiger partial charge in [0, 0.05) is 23.9 Å². The van der Waals surface area contributed by atoms with E-state index in [4.69, 9.17) is 5.11 Å². The fourth-order valence-electron chi connectivity index (χ4n) is 1.83. The minimum atomic E-state index is -0.420. The molecule has 0 saturated carbocycles. The monoisotopic (exact) mass is 264 g/mol. The van der Waals surface area contributed by atoms with E-state index < -0.39 is 5.54 Å². The Kier molecular flexibility index (Phi) is 5.36. The van der Waals surface area contributed by atoms with Crippen LogP contribution in [0.25, 0.3) is 0 Å². The van der Waals surface area contributed by atoms with Crippen molar-refractivity contribution in [1.29, 1.82) is 0 Å². The number of anilines is 1. The Morgan fingerprint density at radius 3 is 2.53 bits per heavy atom. The van der Waals surface area contributed by atoms with Crippen molar-refractivity contribution in [3.63, 3.8) is 0 Å². The molecule has 0 unspecified atom stereocenters. The predicted octanol–water partition coefficient (Wildman–Crippen LogP) is 2.40. The van der Waals surface area contributed by atoms with E-state index in [-0.39, 0.29) is 18.6 Å². The molecule has 4 nitrogen and oxygen atoms in total. The maximum absolute atomic E-state index is 12.3. The van der Waals surface area contributed by atoms with Crippen molar-refractivity contribution in [2.75, 3.05) is 11.9 Å². The molecule has 1 amide bonds. The first-order valence-corrected chi connectivity index (χ1v) is 6.64. The van der Waals surface area contributed by atoms with Crippen molar-refractivity contribution < 1.29 is 9.90 Å². The summed E-state index contributed by atoms with van der Waals surface area (Å²) in [7, 11) is 0. The zero-order valence-electron chi connectivity index (χ0n) is 12.2. The summed E-state index contributed by atoms with van der Waals surface area (Å²) in [6.07, 6.45) is 0.526. The van der Waals surface area contributed by atoms with E-state index in [1.54, 1.807) is 6.07 Å². The zero-order valence-corrected chi connectivity index (χ0v) is 12.2. The molecule has 0 spiro atoms. The maximum Gasteiger partial charge on any atom is 0.253 e. The van der Waals surface area contributed by atoms with Crippen LogP contribution in [0.1, 0.15) is 44.5 Å². The van der Waals surface area contributed by atoms with Crippen molar-refractivity contribution >= 4 is 11.6 Å². The minimum Gasteiger partial charge on any atom is -0.396 e. The lowest BCUT2D eigenvalue weighted by Gasteiger charge is -2.26. The first kappa shape index (κ1) is 15.5. The maximum atomic E-state index is 12.3. The van der Waals surface area contributed by atoms with E-state index >= 15 is 0 Å². The smallest absolute Gasteiger partial charge is 0.253 e. The second-order valence-electron chi connectivity index (χ2n) is 5.66. The summed E-state index contributed by atoms with van der Waals surface area (Å²) in [5.41, 5.74) is 1.04. The molecule has 0 saturated heterocycles. The Bertz CT molecular complexity index is 428. The normalized spacial score (nSPS) is 11.5. The van der Waals surface area contributed by atoms with Gasteiger partial charge in [-0.1, -0.05) is 12.1 Å². The van der Waals surface area contributed by atoms with Gasteiger partial charge in [0.05, 0.1) is 5.56 Å². The van der Waals surface area contributed by atoms with E-state index in [0.717, 1.165) is 5.69 Å². The Morgan fingerprint density at radius 2 is 1.95 bits per heavy atom. The fraction of sp³-hybridized carbons (Fsp3) is 0.533. The number of carbonyl (C=O) groups is 1.